The van der Waals surface area contributed by atoms with E-state index in [-0.39, 0.29) is 13.2 Å². The van der Waals surface area contributed by atoms with Crippen LogP contribution in [0.5, 0.6) is 0 Å². The van der Waals surface area contributed by atoms with E-state index in [0.717, 1.165) is 58.7 Å². The van der Waals surface area contributed by atoms with Gasteiger partial charge in [0, 0.05) is 45.0 Å². The molecule has 2 N–H and O–H groups in total. The van der Waals surface area contributed by atoms with Gasteiger partial charge in [0.1, 0.15) is 0 Å². The first-order chi connectivity index (χ1) is 11.1. The minimum Gasteiger partial charge on any atom is -0.437 e. The van der Waals surface area contributed by atoms with Crippen LogP contribution in [0.15, 0.2) is 24.3 Å². The minimum atomic E-state index is -0.348. The summed E-state index contributed by atoms with van der Waals surface area (Å²) in [6.07, 6.45) is 1.87. The lowest BCUT2D eigenvalue weighted by atomic mass is 9.84. The molecular weight excluding hydrogens is 289 g/mol. The smallest absolute Gasteiger partial charge is 0.376 e. The van der Waals surface area contributed by atoms with Gasteiger partial charge in [-0.05, 0) is 43.9 Å². The van der Waals surface area contributed by atoms with Gasteiger partial charge in [0.05, 0.1) is 6.10 Å². The van der Waals surface area contributed by atoms with Crippen LogP contribution in [0, 0.1) is 0 Å². The highest BCUT2D eigenvalue weighted by Gasteiger charge is 2.22. The van der Waals surface area contributed by atoms with Crippen LogP contribution in [0.2, 0.25) is 6.82 Å². The van der Waals surface area contributed by atoms with Crippen molar-refractivity contribution in [3.8, 4) is 0 Å². The van der Waals surface area contributed by atoms with Crippen LogP contribution in [0.4, 0.5) is 5.69 Å². The summed E-state index contributed by atoms with van der Waals surface area (Å²) in [7, 11) is -0.348. The van der Waals surface area contributed by atoms with Crippen molar-refractivity contribution in [1.82, 2.24) is 9.71 Å². The van der Waals surface area contributed by atoms with Crippen molar-refractivity contribution in [3.63, 3.8) is 0 Å². The van der Waals surface area contributed by atoms with Gasteiger partial charge >= 0.3 is 7.05 Å². The van der Waals surface area contributed by atoms with Crippen molar-refractivity contribution >= 4 is 12.7 Å². The number of likely N-dealkylation sites (tertiary alicyclic amines) is 1. The van der Waals surface area contributed by atoms with Crippen LogP contribution in [0.3, 0.4) is 0 Å². The first kappa shape index (κ1) is 16.8. The van der Waals surface area contributed by atoms with E-state index >= 15 is 0 Å². The summed E-state index contributed by atoms with van der Waals surface area (Å²) in [5, 5.41) is 19.4. The van der Waals surface area contributed by atoms with Crippen LogP contribution in [-0.2, 0) is 6.54 Å². The van der Waals surface area contributed by atoms with Gasteiger partial charge in [-0.15, -0.1) is 0 Å². The number of β-amino-alcohol motifs (C(OH)–C–C–N with tert-alkyl or cyclic N) is 1. The Morgan fingerprint density at radius 3 is 2.39 bits per heavy atom. The Bertz CT molecular complexity index is 489. The fraction of sp³-hybridized carbons (Fsp3) is 0.647. The molecule has 0 aliphatic carbocycles. The molecule has 2 fully saturated rings. The Balaban J connectivity index is 1.53. The molecule has 2 saturated heterocycles. The Hall–Kier alpha value is -1.08. The molecule has 1 atom stereocenters. The molecule has 0 aromatic heterocycles. The molecule has 1 aromatic rings. The fourth-order valence-electron chi connectivity index (χ4n) is 3.60. The summed E-state index contributed by atoms with van der Waals surface area (Å²) in [6.45, 7) is 8.37. The highest BCUT2D eigenvalue weighted by atomic mass is 16.3. The van der Waals surface area contributed by atoms with Gasteiger partial charge in [0.15, 0.2) is 0 Å². The Morgan fingerprint density at radius 1 is 1.09 bits per heavy atom. The molecule has 0 saturated carbocycles. The van der Waals surface area contributed by atoms with Gasteiger partial charge < -0.3 is 19.8 Å². The Morgan fingerprint density at radius 2 is 1.78 bits per heavy atom. The Labute approximate surface area is 139 Å². The number of anilines is 1. The van der Waals surface area contributed by atoms with Gasteiger partial charge in [-0.25, -0.2) is 0 Å². The number of aliphatic hydroxyl groups excluding tert-OH is 1. The number of nitrogens with zero attached hydrogens (tertiary/aromatic N) is 3. The largest absolute Gasteiger partial charge is 0.437 e. The predicted molar refractivity (Wildman–Crippen MR) is 94.6 cm³/mol. The molecule has 0 bridgehead atoms. The molecular formula is C17H28BN3O2. The molecule has 0 radical (unpaired) electrons. The highest BCUT2D eigenvalue weighted by Crippen LogP contribution is 2.19. The molecule has 23 heavy (non-hydrogen) atoms. The van der Waals surface area contributed by atoms with Gasteiger partial charge in [-0.2, -0.15) is 0 Å². The van der Waals surface area contributed by atoms with Gasteiger partial charge in [-0.3, -0.25) is 4.90 Å². The molecule has 0 amide bonds. The summed E-state index contributed by atoms with van der Waals surface area (Å²) in [5.41, 5.74) is 2.57. The third-order valence-corrected chi connectivity index (χ3v) is 5.03. The molecule has 126 valence electrons. The quantitative estimate of drug-likeness (QED) is 0.808. The fourth-order valence-corrected chi connectivity index (χ4v) is 3.60. The predicted octanol–water partition coefficient (Wildman–Crippen LogP) is 0.876. The van der Waals surface area contributed by atoms with E-state index in [1.165, 1.54) is 11.3 Å². The van der Waals surface area contributed by atoms with Crippen LogP contribution in [0.1, 0.15) is 18.4 Å². The lowest BCUT2D eigenvalue weighted by molar-refractivity contribution is 0.0668. The normalized spacial score (nSPS) is 24.0. The zero-order valence-corrected chi connectivity index (χ0v) is 14.1. The number of hydrogen-bond acceptors (Lipinski definition) is 5. The number of aliphatic hydroxyl groups is 1. The standard InChI is InChI=1S/C17H28BN3O2/c1-18(23)21-11-9-20(10-12-21)16-6-4-15(5-7-16)13-19-8-2-3-17(22)14-19/h4-7,17,22-23H,2-3,8-14H2,1H3. The van der Waals surface area contributed by atoms with E-state index in [4.69, 9.17) is 0 Å². The van der Waals surface area contributed by atoms with Gasteiger partial charge in [0.25, 0.3) is 0 Å². The summed E-state index contributed by atoms with van der Waals surface area (Å²) in [6, 6.07) is 8.82. The average molecular weight is 317 g/mol. The molecule has 6 heteroatoms. The van der Waals surface area contributed by atoms with Crippen LogP contribution < -0.4 is 4.90 Å². The molecule has 1 aromatic carbocycles. The number of piperidine rings is 1. The van der Waals surface area contributed by atoms with E-state index in [0.29, 0.717) is 0 Å². The van der Waals surface area contributed by atoms with E-state index in [9.17, 15) is 10.1 Å². The molecule has 3 rings (SSSR count). The molecule has 1 unspecified atom stereocenters. The van der Waals surface area contributed by atoms with Crippen LogP contribution in [-0.4, -0.2) is 72.3 Å². The summed E-state index contributed by atoms with van der Waals surface area (Å²) in [4.78, 5) is 6.82. The lowest BCUT2D eigenvalue weighted by Crippen LogP contribution is -2.51. The summed E-state index contributed by atoms with van der Waals surface area (Å²) >= 11 is 0. The highest BCUT2D eigenvalue weighted by molar-refractivity contribution is 6.45. The number of piperazine rings is 1. The van der Waals surface area contributed by atoms with Crippen molar-refractivity contribution in [2.45, 2.75) is 32.3 Å². The second-order valence-corrected chi connectivity index (χ2v) is 6.85. The molecule has 2 aliphatic rings. The van der Waals surface area contributed by atoms with Crippen molar-refractivity contribution in [2.24, 2.45) is 0 Å². The second-order valence-electron chi connectivity index (χ2n) is 6.85. The van der Waals surface area contributed by atoms with E-state index in [1.807, 2.05) is 6.82 Å². The van der Waals surface area contributed by atoms with E-state index in [2.05, 4.69) is 38.9 Å². The Kier molecular flexibility index (Phi) is 5.59. The molecule has 2 aliphatic heterocycles. The van der Waals surface area contributed by atoms with Crippen LogP contribution in [0.25, 0.3) is 0 Å². The topological polar surface area (TPSA) is 50.2 Å². The van der Waals surface area contributed by atoms with Gasteiger partial charge in [-0.1, -0.05) is 12.1 Å². The SMILES string of the molecule is CB(O)N1CCN(c2ccc(CN3CCCC(O)C3)cc2)CC1. The first-order valence-electron chi connectivity index (χ1n) is 8.78. The van der Waals surface area contributed by atoms with Gasteiger partial charge in [0.2, 0.25) is 0 Å². The lowest BCUT2D eigenvalue weighted by Gasteiger charge is -2.36. The molecule has 2 heterocycles. The summed E-state index contributed by atoms with van der Waals surface area (Å²) < 4.78 is 0. The first-order valence-corrected chi connectivity index (χ1v) is 8.78. The average Bonchev–Trinajstić information content (AvgIpc) is 2.56. The van der Waals surface area contributed by atoms with E-state index in [1.54, 1.807) is 0 Å². The maximum absolute atomic E-state index is 9.76. The molecule has 5 nitrogen and oxygen atoms in total. The maximum Gasteiger partial charge on any atom is 0.376 e. The minimum absolute atomic E-state index is 0.159. The number of rotatable bonds is 4. The number of benzene rings is 1. The number of hydrogen-bond donors (Lipinski definition) is 2. The van der Waals surface area contributed by atoms with Crippen LogP contribution >= 0.6 is 0 Å². The van der Waals surface area contributed by atoms with Crippen molar-refractivity contribution in [3.05, 3.63) is 29.8 Å². The third-order valence-electron chi connectivity index (χ3n) is 5.03. The zero-order chi connectivity index (χ0) is 16.2. The van der Waals surface area contributed by atoms with Crippen molar-refractivity contribution in [1.29, 1.82) is 0 Å². The van der Waals surface area contributed by atoms with Crippen molar-refractivity contribution < 1.29 is 10.1 Å². The van der Waals surface area contributed by atoms with Crippen molar-refractivity contribution in [2.75, 3.05) is 44.2 Å². The third kappa shape index (κ3) is 4.47. The summed E-state index contributed by atoms with van der Waals surface area (Å²) in [5.74, 6) is 0. The second kappa shape index (κ2) is 7.66. The zero-order valence-electron chi connectivity index (χ0n) is 14.1. The molecule has 0 spiro atoms. The van der Waals surface area contributed by atoms with E-state index < -0.39 is 0 Å². The monoisotopic (exact) mass is 317 g/mol. The maximum atomic E-state index is 9.76.